The number of benzene rings is 2. The van der Waals surface area contributed by atoms with Gasteiger partial charge in [0, 0.05) is 5.02 Å². The van der Waals surface area contributed by atoms with E-state index in [0.717, 1.165) is 10.5 Å². The SMILES string of the molecule is Cc1ccc(N2C(=O)C3ON(CC(N)=O)C(c4cccc(O)c4)C3C2=O)cc1Cl. The fourth-order valence-electron chi connectivity index (χ4n) is 3.82. The van der Waals surface area contributed by atoms with Gasteiger partial charge in [-0.15, -0.1) is 0 Å². The number of hydroxylamine groups is 2. The Kier molecular flexibility index (Phi) is 4.77. The molecular weight excluding hydrogens is 398 g/mol. The molecule has 2 saturated heterocycles. The van der Waals surface area contributed by atoms with Crippen LogP contribution in [0.3, 0.4) is 0 Å². The third kappa shape index (κ3) is 3.25. The molecule has 2 aliphatic heterocycles. The molecule has 2 fully saturated rings. The molecule has 3 amide bonds. The maximum absolute atomic E-state index is 13.3. The van der Waals surface area contributed by atoms with Crippen LogP contribution in [0.1, 0.15) is 17.2 Å². The number of aromatic hydroxyl groups is 1. The lowest BCUT2D eigenvalue weighted by Crippen LogP contribution is -2.40. The third-order valence-electron chi connectivity index (χ3n) is 5.13. The van der Waals surface area contributed by atoms with Gasteiger partial charge < -0.3 is 10.8 Å². The number of amides is 3. The second kappa shape index (κ2) is 7.14. The molecule has 0 saturated carbocycles. The minimum absolute atomic E-state index is 0.0103. The van der Waals surface area contributed by atoms with Crippen molar-refractivity contribution in [3.8, 4) is 5.75 Å². The Morgan fingerprint density at radius 1 is 1.21 bits per heavy atom. The van der Waals surface area contributed by atoms with Gasteiger partial charge in [0.1, 0.15) is 12.3 Å². The first-order chi connectivity index (χ1) is 13.8. The molecule has 0 aliphatic carbocycles. The van der Waals surface area contributed by atoms with Crippen molar-refractivity contribution in [2.24, 2.45) is 11.7 Å². The molecule has 0 radical (unpaired) electrons. The van der Waals surface area contributed by atoms with Crippen LogP contribution in [0, 0.1) is 12.8 Å². The Hall–Kier alpha value is -2.94. The Balaban J connectivity index is 1.75. The molecule has 2 heterocycles. The minimum atomic E-state index is -1.10. The zero-order chi connectivity index (χ0) is 20.9. The number of carbonyl (C=O) groups is 3. The first-order valence-electron chi connectivity index (χ1n) is 8.92. The Labute approximate surface area is 171 Å². The van der Waals surface area contributed by atoms with Crippen molar-refractivity contribution >= 4 is 35.0 Å². The van der Waals surface area contributed by atoms with E-state index in [1.165, 1.54) is 17.2 Å². The van der Waals surface area contributed by atoms with Crippen LogP contribution >= 0.6 is 11.6 Å². The maximum atomic E-state index is 13.3. The number of fused-ring (bicyclic) bond motifs is 1. The number of rotatable bonds is 4. The van der Waals surface area contributed by atoms with Crippen LogP contribution in [0.2, 0.25) is 5.02 Å². The van der Waals surface area contributed by atoms with Crippen LogP contribution in [0.25, 0.3) is 0 Å². The highest BCUT2D eigenvalue weighted by Gasteiger charge is 2.60. The van der Waals surface area contributed by atoms with Crippen molar-refractivity contribution in [2.75, 3.05) is 11.4 Å². The minimum Gasteiger partial charge on any atom is -0.508 e. The second-order valence-electron chi connectivity index (χ2n) is 7.08. The fourth-order valence-corrected chi connectivity index (χ4v) is 3.99. The van der Waals surface area contributed by atoms with E-state index in [2.05, 4.69) is 0 Å². The number of anilines is 1. The summed E-state index contributed by atoms with van der Waals surface area (Å²) in [6.07, 6.45) is -1.10. The summed E-state index contributed by atoms with van der Waals surface area (Å²) >= 11 is 6.16. The Morgan fingerprint density at radius 3 is 2.62 bits per heavy atom. The van der Waals surface area contributed by atoms with Crippen LogP contribution in [-0.4, -0.2) is 40.5 Å². The summed E-state index contributed by atoms with van der Waals surface area (Å²) in [5.41, 5.74) is 7.01. The summed E-state index contributed by atoms with van der Waals surface area (Å²) in [4.78, 5) is 44.5. The highest BCUT2D eigenvalue weighted by molar-refractivity contribution is 6.32. The van der Waals surface area contributed by atoms with E-state index in [4.69, 9.17) is 22.2 Å². The number of phenols is 1. The van der Waals surface area contributed by atoms with Crippen molar-refractivity contribution in [3.63, 3.8) is 0 Å². The van der Waals surface area contributed by atoms with Crippen molar-refractivity contribution in [1.82, 2.24) is 5.06 Å². The smallest absolute Gasteiger partial charge is 0.265 e. The number of nitrogens with zero attached hydrogens (tertiary/aromatic N) is 2. The second-order valence-corrected chi connectivity index (χ2v) is 7.49. The predicted molar refractivity (Wildman–Crippen MR) is 104 cm³/mol. The van der Waals surface area contributed by atoms with Crippen LogP contribution in [-0.2, 0) is 19.2 Å². The molecule has 3 atom stereocenters. The van der Waals surface area contributed by atoms with Crippen molar-refractivity contribution < 1.29 is 24.3 Å². The van der Waals surface area contributed by atoms with Gasteiger partial charge in [-0.25, -0.2) is 4.90 Å². The van der Waals surface area contributed by atoms with E-state index >= 15 is 0 Å². The first kappa shape index (κ1) is 19.4. The Morgan fingerprint density at radius 2 is 1.97 bits per heavy atom. The van der Waals surface area contributed by atoms with E-state index in [1.54, 1.807) is 30.3 Å². The highest BCUT2D eigenvalue weighted by Crippen LogP contribution is 2.46. The number of primary amides is 1. The summed E-state index contributed by atoms with van der Waals surface area (Å²) in [5, 5.41) is 11.5. The van der Waals surface area contributed by atoms with Crippen molar-refractivity contribution in [2.45, 2.75) is 19.1 Å². The van der Waals surface area contributed by atoms with Crippen LogP contribution in [0.4, 0.5) is 5.69 Å². The molecule has 9 heteroatoms. The van der Waals surface area contributed by atoms with Gasteiger partial charge in [-0.3, -0.25) is 19.2 Å². The van der Waals surface area contributed by atoms with Gasteiger partial charge in [0.05, 0.1) is 17.6 Å². The van der Waals surface area contributed by atoms with Gasteiger partial charge in [0.15, 0.2) is 6.10 Å². The molecular formula is C20H18ClN3O5. The molecule has 29 heavy (non-hydrogen) atoms. The normalized spacial score (nSPS) is 24.2. The van der Waals surface area contributed by atoms with Crippen molar-refractivity contribution in [1.29, 1.82) is 0 Å². The number of hydrogen-bond acceptors (Lipinski definition) is 6. The predicted octanol–water partition coefficient (Wildman–Crippen LogP) is 1.69. The molecule has 0 spiro atoms. The monoisotopic (exact) mass is 415 g/mol. The standard InChI is InChI=1S/C20H18ClN3O5/c1-10-5-6-12(8-14(10)21)24-19(27)16-17(11-3-2-4-13(25)7-11)23(9-15(22)26)29-18(16)20(24)28/h2-8,16-18,25H,9H2,1H3,(H2,22,26). The zero-order valence-electron chi connectivity index (χ0n) is 15.4. The number of hydrogen-bond donors (Lipinski definition) is 2. The number of nitrogens with two attached hydrogens (primary N) is 1. The molecule has 2 aromatic rings. The van der Waals surface area contributed by atoms with E-state index in [9.17, 15) is 19.5 Å². The van der Waals surface area contributed by atoms with Gasteiger partial charge in [0.25, 0.3) is 5.91 Å². The van der Waals surface area contributed by atoms with Gasteiger partial charge in [-0.05, 0) is 42.3 Å². The van der Waals surface area contributed by atoms with Gasteiger partial charge in [-0.1, -0.05) is 29.8 Å². The largest absolute Gasteiger partial charge is 0.508 e. The number of aryl methyl sites for hydroxylation is 1. The van der Waals surface area contributed by atoms with E-state index in [0.29, 0.717) is 16.3 Å². The molecule has 2 aliphatic rings. The topological polar surface area (TPSA) is 113 Å². The van der Waals surface area contributed by atoms with Gasteiger partial charge in [0.2, 0.25) is 11.8 Å². The molecule has 0 aromatic heterocycles. The summed E-state index contributed by atoms with van der Waals surface area (Å²) in [5.74, 6) is -2.60. The van der Waals surface area contributed by atoms with Crippen LogP contribution in [0.5, 0.6) is 5.75 Å². The fraction of sp³-hybridized carbons (Fsp3) is 0.250. The molecule has 150 valence electrons. The summed E-state index contributed by atoms with van der Waals surface area (Å²) in [6.45, 7) is 1.52. The summed E-state index contributed by atoms with van der Waals surface area (Å²) in [6, 6.07) is 10.4. The molecule has 3 unspecified atom stereocenters. The van der Waals surface area contributed by atoms with Gasteiger partial charge >= 0.3 is 0 Å². The first-order valence-corrected chi connectivity index (χ1v) is 9.30. The van der Waals surface area contributed by atoms with E-state index in [1.807, 2.05) is 6.92 Å². The summed E-state index contributed by atoms with van der Waals surface area (Å²) in [7, 11) is 0. The maximum Gasteiger partial charge on any atom is 0.265 e. The lowest BCUT2D eigenvalue weighted by molar-refractivity contribution is -0.175. The van der Waals surface area contributed by atoms with Gasteiger partial charge in [-0.2, -0.15) is 5.06 Å². The molecule has 8 nitrogen and oxygen atoms in total. The van der Waals surface area contributed by atoms with Crippen molar-refractivity contribution in [3.05, 3.63) is 58.6 Å². The molecule has 2 aromatic carbocycles. The van der Waals surface area contributed by atoms with E-state index < -0.39 is 35.8 Å². The average molecular weight is 416 g/mol. The quantitative estimate of drug-likeness (QED) is 0.734. The number of phenolic OH excluding ortho intramolecular Hbond substituents is 1. The highest BCUT2D eigenvalue weighted by atomic mass is 35.5. The number of carbonyl (C=O) groups excluding carboxylic acids is 3. The molecule has 4 rings (SSSR count). The Bertz CT molecular complexity index is 1030. The zero-order valence-corrected chi connectivity index (χ0v) is 16.2. The lowest BCUT2D eigenvalue weighted by atomic mass is 9.90. The third-order valence-corrected chi connectivity index (χ3v) is 5.54. The van der Waals surface area contributed by atoms with Crippen LogP contribution in [0.15, 0.2) is 42.5 Å². The lowest BCUT2D eigenvalue weighted by Gasteiger charge is -2.26. The number of imide groups is 1. The average Bonchev–Trinajstić information content (AvgIpc) is 3.13. The molecule has 0 bridgehead atoms. The molecule has 3 N–H and O–H groups in total. The summed E-state index contributed by atoms with van der Waals surface area (Å²) < 4.78 is 0. The van der Waals surface area contributed by atoms with E-state index in [-0.39, 0.29) is 12.3 Å². The van der Waals surface area contributed by atoms with Crippen LogP contribution < -0.4 is 10.6 Å². The number of halogens is 1.